The maximum atomic E-state index is 12.6. The van der Waals surface area contributed by atoms with Crippen molar-refractivity contribution < 1.29 is 19.1 Å². The summed E-state index contributed by atoms with van der Waals surface area (Å²) in [5, 5.41) is 0.601. The summed E-state index contributed by atoms with van der Waals surface area (Å²) < 4.78 is 11.1. The zero-order valence-corrected chi connectivity index (χ0v) is 16.7. The molecule has 1 saturated heterocycles. The van der Waals surface area contributed by atoms with Gasteiger partial charge in [-0.1, -0.05) is 29.8 Å². The second-order valence-corrected chi connectivity index (χ2v) is 7.16. The summed E-state index contributed by atoms with van der Waals surface area (Å²) in [6.45, 7) is 3.75. The Bertz CT molecular complexity index is 814. The second-order valence-electron chi connectivity index (χ2n) is 6.72. The molecule has 5 nitrogen and oxygen atoms in total. The highest BCUT2D eigenvalue weighted by atomic mass is 35.5. The van der Waals surface area contributed by atoms with E-state index in [1.165, 1.54) is 0 Å². The first kappa shape index (κ1) is 20.2. The van der Waals surface area contributed by atoms with Crippen LogP contribution in [0.1, 0.15) is 35.7 Å². The molecule has 0 aromatic heterocycles. The molecule has 0 unspecified atom stereocenters. The Kier molecular flexibility index (Phi) is 6.93. The number of amides is 1. The molecule has 0 bridgehead atoms. The Morgan fingerprint density at radius 3 is 2.43 bits per heavy atom. The Balaban J connectivity index is 1.50. The molecule has 0 aliphatic carbocycles. The predicted octanol–water partition coefficient (Wildman–Crippen LogP) is 4.33. The molecule has 6 heteroatoms. The van der Waals surface area contributed by atoms with E-state index in [2.05, 4.69) is 0 Å². The second kappa shape index (κ2) is 9.60. The smallest absolute Gasteiger partial charge is 0.309 e. The number of halogens is 1. The van der Waals surface area contributed by atoms with E-state index in [9.17, 15) is 9.59 Å². The van der Waals surface area contributed by atoms with Crippen molar-refractivity contribution in [1.29, 1.82) is 0 Å². The fourth-order valence-electron chi connectivity index (χ4n) is 3.28. The molecule has 0 N–H and O–H groups in total. The quantitative estimate of drug-likeness (QED) is 0.676. The van der Waals surface area contributed by atoms with Gasteiger partial charge in [0.1, 0.15) is 12.4 Å². The number of piperidine rings is 1. The summed E-state index contributed by atoms with van der Waals surface area (Å²) in [6, 6.07) is 14.4. The molecule has 1 fully saturated rings. The molecule has 1 aliphatic rings. The number of esters is 1. The van der Waals surface area contributed by atoms with Gasteiger partial charge < -0.3 is 14.4 Å². The van der Waals surface area contributed by atoms with Gasteiger partial charge in [0.05, 0.1) is 12.5 Å². The third-order valence-electron chi connectivity index (χ3n) is 4.85. The number of likely N-dealkylation sites (tertiary alicyclic amines) is 1. The molecule has 28 heavy (non-hydrogen) atoms. The molecule has 0 spiro atoms. The highest BCUT2D eigenvalue weighted by Crippen LogP contribution is 2.23. The van der Waals surface area contributed by atoms with Crippen LogP contribution in [0.4, 0.5) is 0 Å². The van der Waals surface area contributed by atoms with Crippen LogP contribution in [0.15, 0.2) is 48.5 Å². The fourth-order valence-corrected chi connectivity index (χ4v) is 3.41. The highest BCUT2D eigenvalue weighted by molar-refractivity contribution is 6.30. The monoisotopic (exact) mass is 401 g/mol. The van der Waals surface area contributed by atoms with Gasteiger partial charge in [-0.25, -0.2) is 0 Å². The SMILES string of the molecule is CCOc1ccccc1COC(=O)C1CCN(C(=O)c2ccc(Cl)cc2)CC1. The Morgan fingerprint density at radius 1 is 1.07 bits per heavy atom. The van der Waals surface area contributed by atoms with Crippen molar-refractivity contribution in [2.45, 2.75) is 26.4 Å². The lowest BCUT2D eigenvalue weighted by Gasteiger charge is -2.31. The van der Waals surface area contributed by atoms with Crippen LogP contribution < -0.4 is 4.74 Å². The van der Waals surface area contributed by atoms with Crippen molar-refractivity contribution in [2.75, 3.05) is 19.7 Å². The van der Waals surface area contributed by atoms with Gasteiger partial charge >= 0.3 is 5.97 Å². The molecule has 0 radical (unpaired) electrons. The average molecular weight is 402 g/mol. The Morgan fingerprint density at radius 2 is 1.75 bits per heavy atom. The van der Waals surface area contributed by atoms with E-state index >= 15 is 0 Å². The molecule has 0 saturated carbocycles. The van der Waals surface area contributed by atoms with Crippen molar-refractivity contribution >= 4 is 23.5 Å². The first-order chi connectivity index (χ1) is 13.6. The maximum absolute atomic E-state index is 12.6. The van der Waals surface area contributed by atoms with E-state index in [0.717, 1.165) is 11.3 Å². The summed E-state index contributed by atoms with van der Waals surface area (Å²) in [5.41, 5.74) is 1.46. The minimum absolute atomic E-state index is 0.0332. The summed E-state index contributed by atoms with van der Waals surface area (Å²) >= 11 is 5.87. The van der Waals surface area contributed by atoms with E-state index < -0.39 is 0 Å². The first-order valence-corrected chi connectivity index (χ1v) is 9.88. The lowest BCUT2D eigenvalue weighted by atomic mass is 9.96. The van der Waals surface area contributed by atoms with Crippen LogP contribution in [0.25, 0.3) is 0 Å². The normalized spacial score (nSPS) is 14.6. The van der Waals surface area contributed by atoms with Gasteiger partial charge in [-0.2, -0.15) is 0 Å². The number of nitrogens with zero attached hydrogens (tertiary/aromatic N) is 1. The lowest BCUT2D eigenvalue weighted by Crippen LogP contribution is -2.40. The fraction of sp³-hybridized carbons (Fsp3) is 0.364. The molecule has 0 atom stereocenters. The van der Waals surface area contributed by atoms with E-state index in [1.54, 1.807) is 29.2 Å². The molecule has 2 aromatic carbocycles. The molecule has 1 amide bonds. The number of rotatable bonds is 6. The van der Waals surface area contributed by atoms with Gasteiger partial charge in [-0.15, -0.1) is 0 Å². The number of hydrogen-bond acceptors (Lipinski definition) is 4. The third kappa shape index (κ3) is 5.04. The third-order valence-corrected chi connectivity index (χ3v) is 5.10. The van der Waals surface area contributed by atoms with Crippen LogP contribution >= 0.6 is 11.6 Å². The van der Waals surface area contributed by atoms with E-state index in [0.29, 0.717) is 43.1 Å². The van der Waals surface area contributed by atoms with Crippen molar-refractivity contribution in [3.05, 3.63) is 64.7 Å². The largest absolute Gasteiger partial charge is 0.493 e. The number of carbonyl (C=O) groups is 2. The van der Waals surface area contributed by atoms with Crippen LogP contribution in [0.5, 0.6) is 5.75 Å². The zero-order chi connectivity index (χ0) is 19.9. The van der Waals surface area contributed by atoms with Crippen LogP contribution in [0, 0.1) is 5.92 Å². The van der Waals surface area contributed by atoms with Gasteiger partial charge in [0.2, 0.25) is 0 Å². The van der Waals surface area contributed by atoms with Crippen molar-refractivity contribution in [1.82, 2.24) is 4.90 Å². The summed E-state index contributed by atoms with van der Waals surface area (Å²) in [5.74, 6) is 0.300. The predicted molar refractivity (Wildman–Crippen MR) is 107 cm³/mol. The van der Waals surface area contributed by atoms with E-state index in [-0.39, 0.29) is 24.4 Å². The minimum Gasteiger partial charge on any atom is -0.493 e. The number of hydrogen-bond donors (Lipinski definition) is 0. The summed E-state index contributed by atoms with van der Waals surface area (Å²) in [4.78, 5) is 26.8. The Labute approximate surface area is 170 Å². The van der Waals surface area contributed by atoms with Gasteiger partial charge in [0.15, 0.2) is 0 Å². The van der Waals surface area contributed by atoms with Gasteiger partial charge in [0.25, 0.3) is 5.91 Å². The van der Waals surface area contributed by atoms with Gasteiger partial charge in [-0.05, 0) is 50.1 Å². The Hall–Kier alpha value is -2.53. The first-order valence-electron chi connectivity index (χ1n) is 9.50. The van der Waals surface area contributed by atoms with Crippen LogP contribution in [-0.2, 0) is 16.1 Å². The van der Waals surface area contributed by atoms with E-state index in [4.69, 9.17) is 21.1 Å². The molecule has 1 aliphatic heterocycles. The number of ether oxygens (including phenoxy) is 2. The molecule has 3 rings (SSSR count). The van der Waals surface area contributed by atoms with E-state index in [1.807, 2.05) is 31.2 Å². The maximum Gasteiger partial charge on any atom is 0.309 e. The molecule has 2 aromatic rings. The molecular formula is C22H24ClNO4. The lowest BCUT2D eigenvalue weighted by molar-refractivity contribution is -0.151. The molecule has 1 heterocycles. The minimum atomic E-state index is -0.218. The molecule has 148 valence electrons. The van der Waals surface area contributed by atoms with Crippen LogP contribution in [0.3, 0.4) is 0 Å². The van der Waals surface area contributed by atoms with Crippen LogP contribution in [-0.4, -0.2) is 36.5 Å². The summed E-state index contributed by atoms with van der Waals surface area (Å²) in [6.07, 6.45) is 1.20. The zero-order valence-electron chi connectivity index (χ0n) is 15.9. The number of carbonyl (C=O) groups excluding carboxylic acids is 2. The van der Waals surface area contributed by atoms with Crippen LogP contribution in [0.2, 0.25) is 5.02 Å². The molecular weight excluding hydrogens is 378 g/mol. The summed E-state index contributed by atoms with van der Waals surface area (Å²) in [7, 11) is 0. The van der Waals surface area contributed by atoms with Crippen molar-refractivity contribution in [3.8, 4) is 5.75 Å². The van der Waals surface area contributed by atoms with Gasteiger partial charge in [-0.3, -0.25) is 9.59 Å². The standard InChI is InChI=1S/C22H24ClNO4/c1-2-27-20-6-4-3-5-18(20)15-28-22(26)17-11-13-24(14-12-17)21(25)16-7-9-19(23)10-8-16/h3-10,17H,2,11-15H2,1H3. The average Bonchev–Trinajstić information content (AvgIpc) is 2.73. The van der Waals surface area contributed by atoms with Crippen molar-refractivity contribution in [2.24, 2.45) is 5.92 Å². The topological polar surface area (TPSA) is 55.8 Å². The number of benzene rings is 2. The number of para-hydroxylation sites is 1. The van der Waals surface area contributed by atoms with Gasteiger partial charge in [0, 0.05) is 29.2 Å². The van der Waals surface area contributed by atoms with Crippen molar-refractivity contribution in [3.63, 3.8) is 0 Å². The highest BCUT2D eigenvalue weighted by Gasteiger charge is 2.29.